The summed E-state index contributed by atoms with van der Waals surface area (Å²) in [6.45, 7) is 14.1. The average molecular weight is 584 g/mol. The van der Waals surface area contributed by atoms with Crippen LogP contribution < -0.4 is 5.32 Å². The lowest BCUT2D eigenvalue weighted by molar-refractivity contribution is -0.273. The maximum absolute atomic E-state index is 12.9. The second-order valence-electron chi connectivity index (χ2n) is 16.6. The maximum Gasteiger partial charge on any atom is 0.232 e. The molecule has 7 heteroatoms. The summed E-state index contributed by atoms with van der Waals surface area (Å²) in [5.41, 5.74) is 0.737. The van der Waals surface area contributed by atoms with Gasteiger partial charge in [0.05, 0.1) is 12.7 Å². The van der Waals surface area contributed by atoms with Crippen LogP contribution in [0.3, 0.4) is 0 Å². The van der Waals surface area contributed by atoms with Crippen LogP contribution >= 0.6 is 0 Å². The highest BCUT2D eigenvalue weighted by molar-refractivity contribution is 5.97. The van der Waals surface area contributed by atoms with E-state index in [0.29, 0.717) is 40.6 Å². The fourth-order valence-corrected chi connectivity index (χ4v) is 12.0. The number of hydrogen-bond acceptors (Lipinski definition) is 5. The molecule has 4 saturated carbocycles. The van der Waals surface area contributed by atoms with E-state index in [2.05, 4.69) is 45.0 Å². The van der Waals surface area contributed by atoms with Crippen LogP contribution in [0.1, 0.15) is 98.3 Å². The van der Waals surface area contributed by atoms with Crippen molar-refractivity contribution in [3.05, 3.63) is 0 Å². The van der Waals surface area contributed by atoms with Gasteiger partial charge in [-0.15, -0.1) is 0 Å². The lowest BCUT2D eigenvalue weighted by atomic mass is 9.44. The molecule has 7 aliphatic rings. The normalized spacial score (nSPS) is 50.5. The fraction of sp³-hybridized carbons (Fsp3) is 0.943. The predicted molar refractivity (Wildman–Crippen MR) is 162 cm³/mol. The Morgan fingerprint density at radius 2 is 1.64 bits per heavy atom. The van der Waals surface area contributed by atoms with Crippen molar-refractivity contribution in [2.75, 3.05) is 39.8 Å². The molecule has 0 bridgehead atoms. The Kier molecular flexibility index (Phi) is 7.54. The minimum atomic E-state index is -0.325. The Morgan fingerprint density at radius 3 is 2.38 bits per heavy atom. The number of amides is 2. The Hall–Kier alpha value is -1.18. The zero-order valence-corrected chi connectivity index (χ0v) is 27.0. The van der Waals surface area contributed by atoms with Crippen molar-refractivity contribution < 1.29 is 19.1 Å². The predicted octanol–water partition coefficient (Wildman–Crippen LogP) is 5.08. The monoisotopic (exact) mass is 583 g/mol. The molecule has 3 saturated heterocycles. The standard InChI is InChI=1S/C35H57N3O4/c1-22-8-13-35(41-21-22)23(2)32-29(42-35)19-28-26-7-6-24-18-25(9-11-33(24,3)27(26)10-12-34(28,32)4)36-30(39)20-31(40)38-16-14-37(5)15-17-38/h22-29,32H,6-21H2,1-5H3,(H,36,39)/t22-,23+,24-,25+,26-,27+,28+,29+,32+,33+,34+,35-/m1/s1. The molecular formula is C35H57N3O4. The summed E-state index contributed by atoms with van der Waals surface area (Å²) >= 11 is 0. The van der Waals surface area contributed by atoms with Crippen molar-refractivity contribution in [2.45, 2.75) is 116 Å². The van der Waals surface area contributed by atoms with E-state index in [1.54, 1.807) is 0 Å². The first kappa shape index (κ1) is 29.5. The van der Waals surface area contributed by atoms with Crippen LogP contribution in [0.5, 0.6) is 0 Å². The summed E-state index contributed by atoms with van der Waals surface area (Å²) in [5.74, 6) is 4.39. The molecule has 0 radical (unpaired) electrons. The largest absolute Gasteiger partial charge is 0.353 e. The summed E-state index contributed by atoms with van der Waals surface area (Å²) in [4.78, 5) is 29.7. The molecule has 1 N–H and O–H groups in total. The third-order valence-electron chi connectivity index (χ3n) is 14.5. The number of piperazine rings is 1. The molecule has 7 fully saturated rings. The van der Waals surface area contributed by atoms with Crippen LogP contribution in [0.15, 0.2) is 0 Å². The average Bonchev–Trinajstić information content (AvgIpc) is 3.40. The van der Waals surface area contributed by atoms with Crippen molar-refractivity contribution in [2.24, 2.45) is 52.3 Å². The van der Waals surface area contributed by atoms with Crippen molar-refractivity contribution in [3.63, 3.8) is 0 Å². The van der Waals surface area contributed by atoms with Gasteiger partial charge in [-0.1, -0.05) is 27.7 Å². The van der Waals surface area contributed by atoms with E-state index in [1.165, 1.54) is 44.9 Å². The van der Waals surface area contributed by atoms with E-state index < -0.39 is 0 Å². The van der Waals surface area contributed by atoms with Gasteiger partial charge >= 0.3 is 0 Å². The molecule has 0 unspecified atom stereocenters. The number of ether oxygens (including phenoxy) is 2. The molecule has 3 aliphatic heterocycles. The summed E-state index contributed by atoms with van der Waals surface area (Å²) < 4.78 is 13.5. The van der Waals surface area contributed by atoms with Gasteiger partial charge in [-0.05, 0) is 111 Å². The molecule has 1 spiro atoms. The minimum Gasteiger partial charge on any atom is -0.353 e. The highest BCUT2D eigenvalue weighted by atomic mass is 16.7. The van der Waals surface area contributed by atoms with Gasteiger partial charge in [0.2, 0.25) is 11.8 Å². The number of carbonyl (C=O) groups is 2. The van der Waals surface area contributed by atoms with Crippen LogP contribution in [0.4, 0.5) is 0 Å². The van der Waals surface area contributed by atoms with Gasteiger partial charge in [0.1, 0.15) is 6.42 Å². The zero-order chi connectivity index (χ0) is 29.4. The van der Waals surface area contributed by atoms with Crippen molar-refractivity contribution in [3.8, 4) is 0 Å². The maximum atomic E-state index is 12.9. The van der Waals surface area contributed by atoms with Crippen molar-refractivity contribution in [1.82, 2.24) is 15.1 Å². The highest BCUT2D eigenvalue weighted by Crippen LogP contribution is 2.71. The van der Waals surface area contributed by atoms with E-state index in [-0.39, 0.29) is 30.1 Å². The summed E-state index contributed by atoms with van der Waals surface area (Å²) in [6, 6.07) is 0.218. The Labute approximate surface area is 254 Å². The smallest absolute Gasteiger partial charge is 0.232 e. The quantitative estimate of drug-likeness (QED) is 0.469. The van der Waals surface area contributed by atoms with Gasteiger partial charge in [0.15, 0.2) is 5.79 Å². The number of nitrogens with one attached hydrogen (secondary N) is 1. The third kappa shape index (κ3) is 4.69. The molecule has 7 rings (SSSR count). The second-order valence-corrected chi connectivity index (χ2v) is 16.6. The van der Waals surface area contributed by atoms with Gasteiger partial charge in [-0.25, -0.2) is 0 Å². The van der Waals surface area contributed by atoms with Gasteiger partial charge in [-0.3, -0.25) is 9.59 Å². The minimum absolute atomic E-state index is 0.00128. The van der Waals surface area contributed by atoms with Crippen LogP contribution in [0.25, 0.3) is 0 Å². The molecule has 4 aliphatic carbocycles. The lowest BCUT2D eigenvalue weighted by Gasteiger charge is -2.61. The fourth-order valence-electron chi connectivity index (χ4n) is 12.0. The Bertz CT molecular complexity index is 1050. The molecule has 0 aromatic carbocycles. The number of nitrogens with zero attached hydrogens (tertiary/aromatic N) is 2. The first-order valence-corrected chi connectivity index (χ1v) is 17.6. The zero-order valence-electron chi connectivity index (χ0n) is 27.0. The molecule has 236 valence electrons. The van der Waals surface area contributed by atoms with Crippen LogP contribution in [0.2, 0.25) is 0 Å². The van der Waals surface area contributed by atoms with E-state index in [4.69, 9.17) is 9.47 Å². The van der Waals surface area contributed by atoms with Crippen molar-refractivity contribution >= 4 is 11.8 Å². The molecular weight excluding hydrogens is 526 g/mol. The Morgan fingerprint density at radius 1 is 0.881 bits per heavy atom. The molecule has 0 aromatic heterocycles. The van der Waals surface area contributed by atoms with Gasteiger partial charge < -0.3 is 24.6 Å². The molecule has 42 heavy (non-hydrogen) atoms. The van der Waals surface area contributed by atoms with E-state index in [0.717, 1.165) is 69.8 Å². The van der Waals surface area contributed by atoms with Gasteiger partial charge in [0.25, 0.3) is 0 Å². The third-order valence-corrected chi connectivity index (χ3v) is 14.5. The number of hydrogen-bond donors (Lipinski definition) is 1. The number of likely N-dealkylation sites (N-methyl/N-ethyl adjacent to an activating group) is 1. The molecule has 7 nitrogen and oxygen atoms in total. The first-order valence-electron chi connectivity index (χ1n) is 17.6. The number of fused-ring (bicyclic) bond motifs is 7. The van der Waals surface area contributed by atoms with E-state index in [1.807, 2.05) is 4.90 Å². The molecule has 2 amide bonds. The van der Waals surface area contributed by atoms with E-state index in [9.17, 15) is 9.59 Å². The van der Waals surface area contributed by atoms with Crippen LogP contribution in [-0.4, -0.2) is 79.4 Å². The highest BCUT2D eigenvalue weighted by Gasteiger charge is 2.69. The second kappa shape index (κ2) is 10.7. The van der Waals surface area contributed by atoms with Gasteiger partial charge in [0, 0.05) is 44.6 Å². The first-order chi connectivity index (χ1) is 20.0. The van der Waals surface area contributed by atoms with Crippen LogP contribution in [0, 0.1) is 52.3 Å². The SMILES string of the molecule is C[C@@H]1CC[C@@]2(OC1)O[C@H]1C[C@H]3[C@@H]4CC[C@@H]5C[C@@H](NC(=O)CC(=O)N6CCN(C)CC6)CC[C@]5(C)[C@H]4CC[C@]3(C)[C@H]1[C@@H]2C. The van der Waals surface area contributed by atoms with Crippen molar-refractivity contribution in [1.29, 1.82) is 0 Å². The number of rotatable bonds is 3. The molecule has 3 heterocycles. The lowest BCUT2D eigenvalue weighted by Crippen LogP contribution is -2.56. The summed E-state index contributed by atoms with van der Waals surface area (Å²) in [6.07, 6.45) is 12.5. The Balaban J connectivity index is 0.971. The molecule has 0 aromatic rings. The molecule has 12 atom stereocenters. The van der Waals surface area contributed by atoms with E-state index >= 15 is 0 Å². The summed E-state index contributed by atoms with van der Waals surface area (Å²) in [5, 5.41) is 3.30. The topological polar surface area (TPSA) is 71.1 Å². The summed E-state index contributed by atoms with van der Waals surface area (Å²) in [7, 11) is 2.08. The van der Waals surface area contributed by atoms with Gasteiger partial charge in [-0.2, -0.15) is 0 Å². The van der Waals surface area contributed by atoms with Crippen LogP contribution in [-0.2, 0) is 19.1 Å². The number of carbonyl (C=O) groups excluding carboxylic acids is 2.